The minimum atomic E-state index is -0.938. The van der Waals surface area contributed by atoms with Gasteiger partial charge >= 0.3 is 6.09 Å². The van der Waals surface area contributed by atoms with Crippen LogP contribution < -0.4 is 10.6 Å². The number of rotatable bonds is 9. The predicted octanol–water partition coefficient (Wildman–Crippen LogP) is 5.24. The third-order valence-corrected chi connectivity index (χ3v) is 7.06. The van der Waals surface area contributed by atoms with Crippen molar-refractivity contribution in [3.8, 4) is 0 Å². The number of ether oxygens (including phenoxy) is 1. The second-order valence-electron chi connectivity index (χ2n) is 11.0. The average molecular weight is 520 g/mol. The zero-order valence-corrected chi connectivity index (χ0v) is 23.9. The minimum absolute atomic E-state index is 0.0781. The Balaban J connectivity index is 2.48. The Morgan fingerprint density at radius 1 is 1.14 bits per heavy atom. The largest absolute Gasteiger partial charge is 0.444 e. The molecule has 0 spiro atoms. The van der Waals surface area contributed by atoms with Gasteiger partial charge in [0.1, 0.15) is 17.7 Å². The van der Waals surface area contributed by atoms with Crippen LogP contribution in [-0.4, -0.2) is 52.3 Å². The van der Waals surface area contributed by atoms with E-state index in [9.17, 15) is 14.4 Å². The Kier molecular flexibility index (Phi) is 11.1. The predicted molar refractivity (Wildman–Crippen MR) is 147 cm³/mol. The van der Waals surface area contributed by atoms with Crippen LogP contribution in [0.5, 0.6) is 0 Å². The van der Waals surface area contributed by atoms with E-state index < -0.39 is 23.8 Å². The molecule has 0 aromatic heterocycles. The highest BCUT2D eigenvalue weighted by Crippen LogP contribution is 2.30. The van der Waals surface area contributed by atoms with Gasteiger partial charge in [0.2, 0.25) is 11.8 Å². The molecule has 1 aliphatic rings. The summed E-state index contributed by atoms with van der Waals surface area (Å²) in [6.45, 7) is 13.2. The molecule has 1 aromatic rings. The number of alkyl carbamates (subject to hydrolysis) is 1. The molecule has 1 fully saturated rings. The van der Waals surface area contributed by atoms with Gasteiger partial charge < -0.3 is 20.3 Å². The number of aryl methyl sites for hydroxylation is 2. The van der Waals surface area contributed by atoms with Gasteiger partial charge in [-0.15, -0.1) is 0 Å². The lowest BCUT2D eigenvalue weighted by molar-refractivity contribution is -0.145. The summed E-state index contributed by atoms with van der Waals surface area (Å²) in [6, 6.07) is 4.07. The first-order valence-electron chi connectivity index (χ1n) is 13.2. The van der Waals surface area contributed by atoms with E-state index in [0.29, 0.717) is 6.42 Å². The molecule has 0 heterocycles. The highest BCUT2D eigenvalue weighted by atomic mass is 32.1. The maximum absolute atomic E-state index is 14.0. The molecular formula is C28H45N3O4S. The second-order valence-corrected chi connectivity index (χ2v) is 11.4. The summed E-state index contributed by atoms with van der Waals surface area (Å²) in [5.74, 6) is -0.455. The Morgan fingerprint density at radius 2 is 1.78 bits per heavy atom. The van der Waals surface area contributed by atoms with Gasteiger partial charge in [-0.05, 0) is 71.9 Å². The number of hydrogen-bond acceptors (Lipinski definition) is 5. The van der Waals surface area contributed by atoms with Crippen LogP contribution in [-0.2, 0) is 14.3 Å². The lowest BCUT2D eigenvalue weighted by Gasteiger charge is -2.39. The molecule has 0 saturated heterocycles. The topological polar surface area (TPSA) is 87.7 Å². The van der Waals surface area contributed by atoms with Crippen molar-refractivity contribution in [2.45, 2.75) is 117 Å². The van der Waals surface area contributed by atoms with Crippen molar-refractivity contribution < 1.29 is 19.1 Å². The Bertz CT molecular complexity index is 909. The van der Waals surface area contributed by atoms with E-state index in [1.165, 1.54) is 6.42 Å². The molecule has 2 rings (SSSR count). The Labute approximate surface area is 222 Å². The van der Waals surface area contributed by atoms with E-state index in [4.69, 9.17) is 4.74 Å². The van der Waals surface area contributed by atoms with Crippen molar-refractivity contribution in [2.24, 2.45) is 0 Å². The molecule has 1 aromatic carbocycles. The van der Waals surface area contributed by atoms with Crippen LogP contribution in [0.15, 0.2) is 18.2 Å². The van der Waals surface area contributed by atoms with Gasteiger partial charge in [-0.2, -0.15) is 12.6 Å². The third kappa shape index (κ3) is 8.43. The smallest absolute Gasteiger partial charge is 0.408 e. The monoisotopic (exact) mass is 519 g/mol. The van der Waals surface area contributed by atoms with Crippen molar-refractivity contribution in [2.75, 3.05) is 5.75 Å². The molecular weight excluding hydrogens is 474 g/mol. The van der Waals surface area contributed by atoms with Crippen LogP contribution in [0.1, 0.15) is 95.9 Å². The molecule has 0 bridgehead atoms. The van der Waals surface area contributed by atoms with Crippen molar-refractivity contribution >= 4 is 30.5 Å². The summed E-state index contributed by atoms with van der Waals surface area (Å²) in [5.41, 5.74) is 2.05. The van der Waals surface area contributed by atoms with Crippen molar-refractivity contribution in [3.63, 3.8) is 0 Å². The number of nitrogens with zero attached hydrogens (tertiary/aromatic N) is 1. The number of carbonyl (C=O) groups excluding carboxylic acids is 3. The van der Waals surface area contributed by atoms with Crippen LogP contribution in [0, 0.1) is 13.8 Å². The Morgan fingerprint density at radius 3 is 2.33 bits per heavy atom. The highest BCUT2D eigenvalue weighted by Gasteiger charge is 2.39. The second kappa shape index (κ2) is 13.4. The summed E-state index contributed by atoms with van der Waals surface area (Å²) in [5, 5.41) is 5.92. The summed E-state index contributed by atoms with van der Waals surface area (Å²) >= 11 is 4.37. The molecule has 1 saturated carbocycles. The van der Waals surface area contributed by atoms with E-state index in [0.717, 1.165) is 42.4 Å². The molecule has 3 amide bonds. The molecule has 36 heavy (non-hydrogen) atoms. The molecule has 8 heteroatoms. The zero-order valence-electron chi connectivity index (χ0n) is 23.0. The van der Waals surface area contributed by atoms with Crippen LogP contribution in [0.25, 0.3) is 0 Å². The summed E-state index contributed by atoms with van der Waals surface area (Å²) in [7, 11) is 0. The van der Waals surface area contributed by atoms with Crippen LogP contribution >= 0.6 is 12.6 Å². The summed E-state index contributed by atoms with van der Waals surface area (Å²) in [4.78, 5) is 42.1. The molecule has 0 aliphatic heterocycles. The van der Waals surface area contributed by atoms with Crippen molar-refractivity contribution in [1.82, 2.24) is 15.5 Å². The minimum Gasteiger partial charge on any atom is -0.444 e. The summed E-state index contributed by atoms with van der Waals surface area (Å²) < 4.78 is 5.38. The van der Waals surface area contributed by atoms with Gasteiger partial charge in [-0.3, -0.25) is 9.59 Å². The van der Waals surface area contributed by atoms with Gasteiger partial charge in [-0.25, -0.2) is 4.79 Å². The van der Waals surface area contributed by atoms with Gasteiger partial charge in [0.15, 0.2) is 0 Å². The van der Waals surface area contributed by atoms with E-state index in [2.05, 4.69) is 23.3 Å². The Hall–Kier alpha value is -2.22. The lowest BCUT2D eigenvalue weighted by Crippen LogP contribution is -2.56. The fourth-order valence-electron chi connectivity index (χ4n) is 4.61. The maximum Gasteiger partial charge on any atom is 0.408 e. The molecule has 202 valence electrons. The van der Waals surface area contributed by atoms with E-state index in [-0.39, 0.29) is 29.7 Å². The normalized spacial score (nSPS) is 17.0. The maximum atomic E-state index is 14.0. The fraction of sp³-hybridized carbons (Fsp3) is 0.679. The zero-order chi connectivity index (χ0) is 27.0. The van der Waals surface area contributed by atoms with E-state index in [1.807, 2.05) is 45.9 Å². The van der Waals surface area contributed by atoms with Crippen LogP contribution in [0.4, 0.5) is 4.79 Å². The standard InChI is InChI=1S/C28H45N3O4S/c1-8-20(4)31(26(33)23(17-36)30-27(34)35-28(5,6)7)24(22-16-18(2)14-15-19(22)3)25(32)29-21-12-10-9-11-13-21/h14-16,20-21,23-24,36H,8-13,17H2,1-7H3,(H,29,32)(H,30,34). The highest BCUT2D eigenvalue weighted by molar-refractivity contribution is 7.80. The first kappa shape index (κ1) is 30.0. The van der Waals surface area contributed by atoms with E-state index >= 15 is 0 Å². The lowest BCUT2D eigenvalue weighted by atomic mass is 9.92. The van der Waals surface area contributed by atoms with Crippen LogP contribution in [0.3, 0.4) is 0 Å². The third-order valence-electron chi connectivity index (χ3n) is 6.70. The SMILES string of the molecule is CCC(C)N(C(=O)C(CS)NC(=O)OC(C)(C)C)C(C(=O)NC1CCCCC1)c1cc(C)ccc1C. The number of carbonyl (C=O) groups is 3. The molecule has 3 unspecified atom stereocenters. The molecule has 3 atom stereocenters. The molecule has 1 aliphatic carbocycles. The molecule has 0 radical (unpaired) electrons. The van der Waals surface area contributed by atoms with Crippen LogP contribution in [0.2, 0.25) is 0 Å². The quantitative estimate of drug-likeness (QED) is 0.389. The van der Waals surface area contributed by atoms with Gasteiger partial charge in [-0.1, -0.05) is 49.9 Å². The fourth-order valence-corrected chi connectivity index (χ4v) is 4.86. The molecule has 2 N–H and O–H groups in total. The van der Waals surface area contributed by atoms with Gasteiger partial charge in [0, 0.05) is 17.8 Å². The average Bonchev–Trinajstić information content (AvgIpc) is 2.81. The molecule has 7 nitrogen and oxygen atoms in total. The van der Waals surface area contributed by atoms with Gasteiger partial charge in [0.05, 0.1) is 0 Å². The first-order chi connectivity index (χ1) is 16.9. The van der Waals surface area contributed by atoms with Crippen molar-refractivity contribution in [3.05, 3.63) is 34.9 Å². The first-order valence-corrected chi connectivity index (χ1v) is 13.8. The number of amides is 3. The van der Waals surface area contributed by atoms with Gasteiger partial charge in [0.25, 0.3) is 0 Å². The number of thiol groups is 1. The number of nitrogens with one attached hydrogen (secondary N) is 2. The number of benzene rings is 1. The van der Waals surface area contributed by atoms with Crippen molar-refractivity contribution in [1.29, 1.82) is 0 Å². The number of hydrogen-bond donors (Lipinski definition) is 3. The summed E-state index contributed by atoms with van der Waals surface area (Å²) in [6.07, 6.45) is 5.22. The van der Waals surface area contributed by atoms with E-state index in [1.54, 1.807) is 25.7 Å².